The minimum Gasteiger partial charge on any atom is -0.380 e. The Morgan fingerprint density at radius 2 is 2.36 bits per heavy atom. The third-order valence-electron chi connectivity index (χ3n) is 1.41. The molecule has 0 heterocycles. The Bertz CT molecular complexity index is 144. The monoisotopic (exact) mass is 159 g/mol. The molecule has 1 unspecified atom stereocenters. The number of alkyl halides is 1. The molecular weight excluding hydrogens is 145 g/mol. The smallest absolute Gasteiger partial charge is 0.193 e. The van der Waals surface area contributed by atoms with Crippen LogP contribution in [0.2, 0.25) is 0 Å². The maximum Gasteiger partial charge on any atom is 0.193 e. The third kappa shape index (κ3) is 3.97. The van der Waals surface area contributed by atoms with Gasteiger partial charge < -0.3 is 10.5 Å². The number of halogens is 1. The summed E-state index contributed by atoms with van der Waals surface area (Å²) >= 11 is 0. The van der Waals surface area contributed by atoms with Gasteiger partial charge in [0.25, 0.3) is 0 Å². The van der Waals surface area contributed by atoms with Gasteiger partial charge in [0.1, 0.15) is 0 Å². The molecule has 11 heavy (non-hydrogen) atoms. The number of hydrogen-bond acceptors (Lipinski definition) is 2. The van der Waals surface area contributed by atoms with Crippen molar-refractivity contribution in [2.24, 2.45) is 5.73 Å². The van der Waals surface area contributed by atoms with E-state index in [0.29, 0.717) is 13.0 Å². The Morgan fingerprint density at radius 1 is 1.73 bits per heavy atom. The Balaban J connectivity index is 3.81. The van der Waals surface area contributed by atoms with Gasteiger partial charge in [-0.1, -0.05) is 5.92 Å². The average Bonchev–Trinajstić information content (AvgIpc) is 2.02. The van der Waals surface area contributed by atoms with Crippen molar-refractivity contribution in [2.75, 3.05) is 20.3 Å². The predicted octanol–water partition coefficient (Wildman–Crippen LogP) is 0.713. The van der Waals surface area contributed by atoms with E-state index in [1.165, 1.54) is 7.11 Å². The van der Waals surface area contributed by atoms with Crippen LogP contribution >= 0.6 is 0 Å². The van der Waals surface area contributed by atoms with Crippen LogP contribution in [0, 0.1) is 12.3 Å². The zero-order valence-corrected chi connectivity index (χ0v) is 6.77. The molecule has 0 amide bonds. The summed E-state index contributed by atoms with van der Waals surface area (Å²) in [5, 5.41) is 0. The highest BCUT2D eigenvalue weighted by molar-refractivity contribution is 5.07. The highest BCUT2D eigenvalue weighted by Gasteiger charge is 2.25. The molecule has 0 aromatic rings. The molecule has 3 heteroatoms. The van der Waals surface area contributed by atoms with Crippen LogP contribution in [0.25, 0.3) is 0 Å². The fourth-order valence-corrected chi connectivity index (χ4v) is 0.797. The van der Waals surface area contributed by atoms with Crippen molar-refractivity contribution in [2.45, 2.75) is 18.5 Å². The maximum atomic E-state index is 13.3. The summed E-state index contributed by atoms with van der Waals surface area (Å²) in [6.45, 7) is 0.403. The molecule has 0 aromatic carbocycles. The van der Waals surface area contributed by atoms with Gasteiger partial charge in [0.15, 0.2) is 5.67 Å². The molecule has 0 spiro atoms. The van der Waals surface area contributed by atoms with Gasteiger partial charge in [-0.2, -0.15) is 0 Å². The van der Waals surface area contributed by atoms with E-state index in [0.717, 1.165) is 0 Å². The molecule has 64 valence electrons. The Morgan fingerprint density at radius 3 is 2.73 bits per heavy atom. The lowest BCUT2D eigenvalue weighted by Crippen LogP contribution is -2.27. The molecule has 0 aliphatic carbocycles. The van der Waals surface area contributed by atoms with Gasteiger partial charge in [0.05, 0.1) is 6.61 Å². The first-order valence-corrected chi connectivity index (χ1v) is 3.54. The number of nitrogens with two attached hydrogens (primary N) is 1. The molecular formula is C8H14FNO. The quantitative estimate of drug-likeness (QED) is 0.600. The highest BCUT2D eigenvalue weighted by atomic mass is 19.1. The maximum absolute atomic E-state index is 13.3. The second-order valence-corrected chi connectivity index (χ2v) is 2.43. The third-order valence-corrected chi connectivity index (χ3v) is 1.41. The molecule has 0 aromatic heterocycles. The van der Waals surface area contributed by atoms with Crippen LogP contribution in [0.5, 0.6) is 0 Å². The first-order chi connectivity index (χ1) is 5.18. The molecule has 0 fully saturated rings. The molecule has 0 bridgehead atoms. The van der Waals surface area contributed by atoms with Crippen LogP contribution in [0.4, 0.5) is 4.39 Å². The molecule has 0 saturated carbocycles. The van der Waals surface area contributed by atoms with Gasteiger partial charge in [0, 0.05) is 7.11 Å². The van der Waals surface area contributed by atoms with Crippen molar-refractivity contribution in [1.29, 1.82) is 0 Å². The molecule has 0 aliphatic heterocycles. The van der Waals surface area contributed by atoms with Crippen LogP contribution in [-0.4, -0.2) is 25.9 Å². The Labute approximate surface area is 66.9 Å². The van der Waals surface area contributed by atoms with Crippen molar-refractivity contribution in [3.63, 3.8) is 0 Å². The van der Waals surface area contributed by atoms with Crippen LogP contribution in [0.3, 0.4) is 0 Å². The van der Waals surface area contributed by atoms with E-state index in [-0.39, 0.29) is 13.0 Å². The van der Waals surface area contributed by atoms with E-state index in [4.69, 9.17) is 12.2 Å². The van der Waals surface area contributed by atoms with Gasteiger partial charge in [0.2, 0.25) is 0 Å². The second-order valence-electron chi connectivity index (χ2n) is 2.43. The lowest BCUT2D eigenvalue weighted by molar-refractivity contribution is 0.0751. The lowest BCUT2D eigenvalue weighted by Gasteiger charge is -2.17. The van der Waals surface area contributed by atoms with E-state index in [1.54, 1.807) is 0 Å². The average molecular weight is 159 g/mol. The minimum atomic E-state index is -1.63. The minimum absolute atomic E-state index is 0.0521. The van der Waals surface area contributed by atoms with Crippen molar-refractivity contribution in [1.82, 2.24) is 0 Å². The topological polar surface area (TPSA) is 35.2 Å². The number of ether oxygens (including phenoxy) is 1. The first kappa shape index (κ1) is 10.4. The van der Waals surface area contributed by atoms with Crippen molar-refractivity contribution < 1.29 is 9.13 Å². The van der Waals surface area contributed by atoms with Gasteiger partial charge in [-0.3, -0.25) is 0 Å². The summed E-state index contributed by atoms with van der Waals surface area (Å²) in [5.74, 6) is 2.07. The van der Waals surface area contributed by atoms with Crippen molar-refractivity contribution >= 4 is 0 Å². The molecule has 0 aliphatic rings. The van der Waals surface area contributed by atoms with Crippen LogP contribution in [0.1, 0.15) is 12.8 Å². The van der Waals surface area contributed by atoms with E-state index in [1.807, 2.05) is 0 Å². The summed E-state index contributed by atoms with van der Waals surface area (Å²) in [6, 6.07) is 0. The van der Waals surface area contributed by atoms with Gasteiger partial charge >= 0.3 is 0 Å². The second kappa shape index (κ2) is 5.11. The molecule has 0 radical (unpaired) electrons. The summed E-state index contributed by atoms with van der Waals surface area (Å²) in [5.41, 5.74) is 3.58. The van der Waals surface area contributed by atoms with Crippen molar-refractivity contribution in [3.05, 3.63) is 0 Å². The van der Waals surface area contributed by atoms with Gasteiger partial charge in [-0.05, 0) is 19.4 Å². The molecule has 2 N–H and O–H groups in total. The zero-order chi connectivity index (χ0) is 8.74. The Hall–Kier alpha value is -0.590. The SMILES string of the molecule is C#CC(F)(CCCN)COC. The van der Waals surface area contributed by atoms with E-state index in [2.05, 4.69) is 10.7 Å². The van der Waals surface area contributed by atoms with Gasteiger partial charge in [-0.15, -0.1) is 6.42 Å². The fraction of sp³-hybridized carbons (Fsp3) is 0.750. The van der Waals surface area contributed by atoms with Crippen molar-refractivity contribution in [3.8, 4) is 12.3 Å². The van der Waals surface area contributed by atoms with E-state index < -0.39 is 5.67 Å². The first-order valence-electron chi connectivity index (χ1n) is 3.54. The normalized spacial score (nSPS) is 15.5. The fourth-order valence-electron chi connectivity index (χ4n) is 0.797. The van der Waals surface area contributed by atoms with Crippen LogP contribution in [-0.2, 0) is 4.74 Å². The van der Waals surface area contributed by atoms with E-state index in [9.17, 15) is 4.39 Å². The van der Waals surface area contributed by atoms with Crippen LogP contribution in [0.15, 0.2) is 0 Å². The summed E-state index contributed by atoms with van der Waals surface area (Å²) in [7, 11) is 1.42. The van der Waals surface area contributed by atoms with E-state index >= 15 is 0 Å². The van der Waals surface area contributed by atoms with Gasteiger partial charge in [-0.25, -0.2) is 4.39 Å². The molecule has 1 atom stereocenters. The summed E-state index contributed by atoms with van der Waals surface area (Å²) in [4.78, 5) is 0. The number of terminal acetylenes is 1. The molecule has 0 rings (SSSR count). The zero-order valence-electron chi connectivity index (χ0n) is 6.77. The predicted molar refractivity (Wildman–Crippen MR) is 42.8 cm³/mol. The number of rotatable bonds is 5. The molecule has 0 saturated heterocycles. The molecule has 2 nitrogen and oxygen atoms in total. The summed E-state index contributed by atoms with van der Waals surface area (Å²) < 4.78 is 17.9. The highest BCUT2D eigenvalue weighted by Crippen LogP contribution is 2.16. The lowest BCUT2D eigenvalue weighted by atomic mass is 10.0. The number of hydrogen-bond donors (Lipinski definition) is 1. The van der Waals surface area contributed by atoms with Crippen LogP contribution < -0.4 is 5.73 Å². The Kier molecular flexibility index (Phi) is 4.84. The largest absolute Gasteiger partial charge is 0.380 e. The summed E-state index contributed by atoms with van der Waals surface area (Å²) in [6.07, 6.45) is 5.85. The number of methoxy groups -OCH3 is 1. The standard InChI is InChI=1S/C8H14FNO/c1-3-8(9,7-11-2)5-4-6-10/h1H,4-7,10H2,2H3.